The van der Waals surface area contributed by atoms with E-state index in [0.29, 0.717) is 6.61 Å². The number of ether oxygens (including phenoxy) is 1. The molecule has 16 heavy (non-hydrogen) atoms. The average Bonchev–Trinajstić information content (AvgIpc) is 2.28. The molecule has 0 aliphatic carbocycles. The Morgan fingerprint density at radius 1 is 1.44 bits per heavy atom. The summed E-state index contributed by atoms with van der Waals surface area (Å²) >= 11 is 3.41. The second-order valence-corrected chi connectivity index (χ2v) is 4.23. The van der Waals surface area contributed by atoms with Gasteiger partial charge in [-0.05, 0) is 24.1 Å². The van der Waals surface area contributed by atoms with Crippen molar-refractivity contribution in [2.75, 3.05) is 6.61 Å². The highest BCUT2D eigenvalue weighted by Crippen LogP contribution is 2.17. The number of carbonyl (C=O) groups is 1. The lowest BCUT2D eigenvalue weighted by Gasteiger charge is -2.00. The van der Waals surface area contributed by atoms with E-state index in [-0.39, 0.29) is 5.97 Å². The average molecular weight is 283 g/mol. The highest BCUT2D eigenvalue weighted by molar-refractivity contribution is 9.10. The van der Waals surface area contributed by atoms with Crippen molar-refractivity contribution >= 4 is 28.0 Å². The molecule has 0 unspecified atom stereocenters. The number of benzene rings is 1. The summed E-state index contributed by atoms with van der Waals surface area (Å²) in [6.07, 6.45) is 5.14. The van der Waals surface area contributed by atoms with Crippen molar-refractivity contribution < 1.29 is 9.53 Å². The van der Waals surface area contributed by atoms with E-state index in [1.807, 2.05) is 24.3 Å². The number of esters is 1. The molecule has 0 atom stereocenters. The van der Waals surface area contributed by atoms with Crippen molar-refractivity contribution in [3.63, 3.8) is 0 Å². The Morgan fingerprint density at radius 3 is 2.88 bits per heavy atom. The Balaban J connectivity index is 2.47. The number of unbranched alkanes of at least 4 members (excludes halogenated alkanes) is 1. The van der Waals surface area contributed by atoms with Crippen molar-refractivity contribution in [3.8, 4) is 0 Å². The maximum Gasteiger partial charge on any atom is 0.330 e. The van der Waals surface area contributed by atoms with Gasteiger partial charge in [0.05, 0.1) is 6.61 Å². The summed E-state index contributed by atoms with van der Waals surface area (Å²) in [6, 6.07) is 7.72. The van der Waals surface area contributed by atoms with Gasteiger partial charge in [-0.15, -0.1) is 0 Å². The van der Waals surface area contributed by atoms with Gasteiger partial charge >= 0.3 is 5.97 Å². The first kappa shape index (κ1) is 13.0. The molecule has 0 heterocycles. The summed E-state index contributed by atoms with van der Waals surface area (Å²) in [5.74, 6) is -0.288. The normalized spacial score (nSPS) is 10.6. The minimum absolute atomic E-state index is 0.288. The molecule has 0 aliphatic rings. The largest absolute Gasteiger partial charge is 0.463 e. The number of hydrogen-bond acceptors (Lipinski definition) is 2. The topological polar surface area (TPSA) is 26.3 Å². The van der Waals surface area contributed by atoms with Crippen LogP contribution >= 0.6 is 15.9 Å². The third-order valence-corrected chi connectivity index (χ3v) is 2.77. The fourth-order valence-corrected chi connectivity index (χ4v) is 1.55. The molecule has 0 radical (unpaired) electrons. The SMILES string of the molecule is CCCCOC(=O)/C=C/c1ccccc1Br. The van der Waals surface area contributed by atoms with Crippen LogP contribution in [0.4, 0.5) is 0 Å². The highest BCUT2D eigenvalue weighted by atomic mass is 79.9. The first-order valence-corrected chi connectivity index (χ1v) is 6.12. The Kier molecular flexibility index (Phi) is 5.86. The standard InChI is InChI=1S/C13H15BrO2/c1-2-3-10-16-13(15)9-8-11-6-4-5-7-12(11)14/h4-9H,2-3,10H2,1H3/b9-8+. The molecule has 0 bridgehead atoms. The molecule has 0 aromatic heterocycles. The van der Waals surface area contributed by atoms with Crippen molar-refractivity contribution in [2.45, 2.75) is 19.8 Å². The lowest BCUT2D eigenvalue weighted by Crippen LogP contribution is -2.01. The summed E-state index contributed by atoms with van der Waals surface area (Å²) in [5.41, 5.74) is 0.968. The van der Waals surface area contributed by atoms with Crippen molar-refractivity contribution in [3.05, 3.63) is 40.4 Å². The monoisotopic (exact) mass is 282 g/mol. The van der Waals surface area contributed by atoms with Gasteiger partial charge in [-0.3, -0.25) is 0 Å². The fraction of sp³-hybridized carbons (Fsp3) is 0.308. The Bertz CT molecular complexity index is 372. The van der Waals surface area contributed by atoms with Gasteiger partial charge in [0.2, 0.25) is 0 Å². The van der Waals surface area contributed by atoms with Gasteiger partial charge in [-0.1, -0.05) is 47.5 Å². The second-order valence-electron chi connectivity index (χ2n) is 3.38. The molecule has 0 fully saturated rings. The molecule has 86 valence electrons. The zero-order chi connectivity index (χ0) is 11.8. The number of halogens is 1. The van der Waals surface area contributed by atoms with Crippen molar-refractivity contribution in [1.82, 2.24) is 0 Å². The van der Waals surface area contributed by atoms with E-state index in [2.05, 4.69) is 22.9 Å². The van der Waals surface area contributed by atoms with Gasteiger partial charge in [0, 0.05) is 10.5 Å². The quantitative estimate of drug-likeness (QED) is 0.466. The smallest absolute Gasteiger partial charge is 0.330 e. The van der Waals surface area contributed by atoms with Gasteiger partial charge in [-0.25, -0.2) is 4.79 Å². The second kappa shape index (κ2) is 7.23. The molecule has 0 N–H and O–H groups in total. The van der Waals surface area contributed by atoms with Crippen LogP contribution in [0.1, 0.15) is 25.3 Å². The molecule has 2 nitrogen and oxygen atoms in total. The molecule has 0 amide bonds. The zero-order valence-corrected chi connectivity index (χ0v) is 10.9. The summed E-state index contributed by atoms with van der Waals surface area (Å²) in [4.78, 5) is 11.3. The molecule has 1 aromatic carbocycles. The predicted octanol–water partition coefficient (Wildman–Crippen LogP) is 3.81. The van der Waals surface area contributed by atoms with Crippen molar-refractivity contribution in [1.29, 1.82) is 0 Å². The molecular weight excluding hydrogens is 268 g/mol. The highest BCUT2D eigenvalue weighted by Gasteiger charge is 1.97. The fourth-order valence-electron chi connectivity index (χ4n) is 1.13. The first-order valence-electron chi connectivity index (χ1n) is 5.33. The van der Waals surface area contributed by atoms with E-state index < -0.39 is 0 Å². The van der Waals surface area contributed by atoms with Crippen LogP contribution in [0.5, 0.6) is 0 Å². The lowest BCUT2D eigenvalue weighted by molar-refractivity contribution is -0.137. The Labute approximate surface area is 104 Å². The summed E-state index contributed by atoms with van der Waals surface area (Å²) in [5, 5.41) is 0. The molecule has 0 aliphatic heterocycles. The van der Waals surface area contributed by atoms with Gasteiger partial charge in [0.1, 0.15) is 0 Å². The van der Waals surface area contributed by atoms with Crippen LogP contribution in [0.25, 0.3) is 6.08 Å². The van der Waals surface area contributed by atoms with Gasteiger partial charge in [-0.2, -0.15) is 0 Å². The molecule has 0 saturated carbocycles. The zero-order valence-electron chi connectivity index (χ0n) is 9.28. The van der Waals surface area contributed by atoms with Crippen LogP contribution in [-0.4, -0.2) is 12.6 Å². The molecular formula is C13H15BrO2. The third kappa shape index (κ3) is 4.62. The molecule has 0 saturated heterocycles. The van der Waals surface area contributed by atoms with Gasteiger partial charge in [0.15, 0.2) is 0 Å². The third-order valence-electron chi connectivity index (χ3n) is 2.05. The van der Waals surface area contributed by atoms with E-state index in [0.717, 1.165) is 22.9 Å². The minimum atomic E-state index is -0.288. The molecule has 1 rings (SSSR count). The molecule has 1 aromatic rings. The maximum absolute atomic E-state index is 11.3. The number of hydrogen-bond donors (Lipinski definition) is 0. The van der Waals surface area contributed by atoms with E-state index in [9.17, 15) is 4.79 Å². The first-order chi connectivity index (χ1) is 7.74. The number of carbonyl (C=O) groups excluding carboxylic acids is 1. The van der Waals surface area contributed by atoms with Crippen LogP contribution in [0, 0.1) is 0 Å². The van der Waals surface area contributed by atoms with E-state index >= 15 is 0 Å². The maximum atomic E-state index is 11.3. The van der Waals surface area contributed by atoms with Crippen LogP contribution in [0.15, 0.2) is 34.8 Å². The van der Waals surface area contributed by atoms with E-state index in [4.69, 9.17) is 4.74 Å². The van der Waals surface area contributed by atoms with Gasteiger partial charge < -0.3 is 4.74 Å². The van der Waals surface area contributed by atoms with Crippen molar-refractivity contribution in [2.24, 2.45) is 0 Å². The summed E-state index contributed by atoms with van der Waals surface area (Å²) < 4.78 is 5.97. The molecule has 0 spiro atoms. The summed E-state index contributed by atoms with van der Waals surface area (Å²) in [7, 11) is 0. The van der Waals surface area contributed by atoms with Crippen LogP contribution in [0.3, 0.4) is 0 Å². The van der Waals surface area contributed by atoms with Crippen LogP contribution in [-0.2, 0) is 9.53 Å². The molecule has 3 heteroatoms. The Morgan fingerprint density at radius 2 is 2.19 bits per heavy atom. The van der Waals surface area contributed by atoms with Crippen LogP contribution < -0.4 is 0 Å². The van der Waals surface area contributed by atoms with Gasteiger partial charge in [0.25, 0.3) is 0 Å². The van der Waals surface area contributed by atoms with E-state index in [1.54, 1.807) is 6.08 Å². The number of rotatable bonds is 5. The van der Waals surface area contributed by atoms with E-state index in [1.165, 1.54) is 6.08 Å². The van der Waals surface area contributed by atoms with Crippen LogP contribution in [0.2, 0.25) is 0 Å². The predicted molar refractivity (Wildman–Crippen MR) is 69.0 cm³/mol. The summed E-state index contributed by atoms with van der Waals surface area (Å²) in [6.45, 7) is 2.56. The minimum Gasteiger partial charge on any atom is -0.463 e. The Hall–Kier alpha value is -1.09. The lowest BCUT2D eigenvalue weighted by atomic mass is 10.2.